The molecule has 170 valence electrons. The van der Waals surface area contributed by atoms with E-state index >= 15 is 0 Å². The highest BCUT2D eigenvalue weighted by molar-refractivity contribution is 7.80. The lowest BCUT2D eigenvalue weighted by Crippen LogP contribution is -2.19. The lowest BCUT2D eigenvalue weighted by atomic mass is 10.1. The summed E-state index contributed by atoms with van der Waals surface area (Å²) < 4.78 is 3.77. The molecule has 9 heteroatoms. The van der Waals surface area contributed by atoms with Crippen LogP contribution < -0.4 is 10.6 Å². The minimum Gasteiger partial charge on any atom is -0.330 e. The molecule has 0 aliphatic carbocycles. The van der Waals surface area contributed by atoms with Crippen molar-refractivity contribution in [2.24, 2.45) is 0 Å². The Morgan fingerprint density at radius 2 is 1.76 bits per heavy atom. The van der Waals surface area contributed by atoms with E-state index in [1.165, 1.54) is 11.1 Å². The largest absolute Gasteiger partial charge is 0.330 e. The van der Waals surface area contributed by atoms with Gasteiger partial charge in [-0.25, -0.2) is 0 Å². The number of anilines is 2. The molecule has 0 unspecified atom stereocenters. The molecular formula is C24H24Cl2N6S. The zero-order chi connectivity index (χ0) is 23.5. The number of thiocarbonyl (C=S) groups is 1. The molecule has 2 N–H and O–H groups in total. The number of nitrogens with one attached hydrogen (secondary N) is 2. The zero-order valence-corrected chi connectivity index (χ0v) is 20.9. The molecule has 2 aromatic heterocycles. The van der Waals surface area contributed by atoms with Gasteiger partial charge in [-0.15, -0.1) is 0 Å². The molecule has 4 rings (SSSR count). The van der Waals surface area contributed by atoms with Crippen LogP contribution in [0.3, 0.4) is 0 Å². The predicted octanol–water partition coefficient (Wildman–Crippen LogP) is 6.22. The first-order valence-electron chi connectivity index (χ1n) is 10.4. The summed E-state index contributed by atoms with van der Waals surface area (Å²) in [6, 6.07) is 13.9. The van der Waals surface area contributed by atoms with E-state index in [0.717, 1.165) is 28.3 Å². The van der Waals surface area contributed by atoms with Gasteiger partial charge in [-0.3, -0.25) is 9.36 Å². The maximum atomic E-state index is 6.27. The van der Waals surface area contributed by atoms with Crippen molar-refractivity contribution >= 4 is 51.9 Å². The molecule has 0 saturated carbocycles. The second-order valence-corrected chi connectivity index (χ2v) is 9.18. The number of aryl methyl sites for hydroxylation is 2. The van der Waals surface area contributed by atoms with E-state index < -0.39 is 0 Å². The summed E-state index contributed by atoms with van der Waals surface area (Å²) in [7, 11) is 0. The summed E-state index contributed by atoms with van der Waals surface area (Å²) in [6.07, 6.45) is 3.60. The van der Waals surface area contributed by atoms with E-state index in [1.54, 1.807) is 16.9 Å². The first kappa shape index (κ1) is 23.3. The van der Waals surface area contributed by atoms with Crippen LogP contribution in [0.5, 0.6) is 0 Å². The van der Waals surface area contributed by atoms with Crippen molar-refractivity contribution in [1.82, 2.24) is 19.6 Å². The molecule has 2 heterocycles. The maximum absolute atomic E-state index is 6.27. The van der Waals surface area contributed by atoms with Crippen LogP contribution in [0.25, 0.3) is 0 Å². The molecule has 0 radical (unpaired) electrons. The normalized spacial score (nSPS) is 10.9. The summed E-state index contributed by atoms with van der Waals surface area (Å²) in [4.78, 5) is 0. The Morgan fingerprint density at radius 1 is 1.00 bits per heavy atom. The fourth-order valence-electron chi connectivity index (χ4n) is 3.51. The standard InChI is InChI=1S/C24H24Cl2N6S/c1-15-4-6-18(7-5-15)12-32-17(3)23(16(2)30-32)29-24(33)28-21-11-27-31(14-21)13-19-8-9-20(25)10-22(19)26/h4-11,14H,12-13H2,1-3H3,(H2,28,29,33). The van der Waals surface area contributed by atoms with E-state index in [2.05, 4.69) is 52.0 Å². The van der Waals surface area contributed by atoms with Gasteiger partial charge in [0.15, 0.2) is 5.11 Å². The van der Waals surface area contributed by atoms with Gasteiger partial charge < -0.3 is 10.6 Å². The topological polar surface area (TPSA) is 59.7 Å². The lowest BCUT2D eigenvalue weighted by Gasteiger charge is -2.10. The van der Waals surface area contributed by atoms with Gasteiger partial charge in [0.05, 0.1) is 42.0 Å². The monoisotopic (exact) mass is 498 g/mol. The minimum atomic E-state index is 0.472. The van der Waals surface area contributed by atoms with Gasteiger partial charge in [-0.05, 0) is 56.2 Å². The van der Waals surface area contributed by atoms with Gasteiger partial charge in [0.1, 0.15) is 0 Å². The quantitative estimate of drug-likeness (QED) is 0.309. The third kappa shape index (κ3) is 5.74. The Balaban J connectivity index is 1.40. The third-order valence-electron chi connectivity index (χ3n) is 5.31. The van der Waals surface area contributed by atoms with Gasteiger partial charge >= 0.3 is 0 Å². The number of rotatable bonds is 6. The van der Waals surface area contributed by atoms with Gasteiger partial charge in [0.2, 0.25) is 0 Å². The van der Waals surface area contributed by atoms with Gasteiger partial charge in [0, 0.05) is 16.2 Å². The van der Waals surface area contributed by atoms with E-state index in [4.69, 9.17) is 35.4 Å². The summed E-state index contributed by atoms with van der Waals surface area (Å²) in [5.41, 5.74) is 6.96. The van der Waals surface area contributed by atoms with Crippen molar-refractivity contribution in [3.63, 3.8) is 0 Å². The number of aromatic nitrogens is 4. The van der Waals surface area contributed by atoms with Crippen molar-refractivity contribution in [2.45, 2.75) is 33.9 Å². The van der Waals surface area contributed by atoms with Crippen molar-refractivity contribution < 1.29 is 0 Å². The number of benzene rings is 2. The van der Waals surface area contributed by atoms with Crippen LogP contribution in [0.4, 0.5) is 11.4 Å². The van der Waals surface area contributed by atoms with E-state index in [9.17, 15) is 0 Å². The average molecular weight is 499 g/mol. The molecular weight excluding hydrogens is 475 g/mol. The molecule has 0 aliphatic heterocycles. The number of nitrogens with zero attached hydrogens (tertiary/aromatic N) is 4. The number of hydrogen-bond donors (Lipinski definition) is 2. The molecule has 6 nitrogen and oxygen atoms in total. The van der Waals surface area contributed by atoms with Crippen LogP contribution in [-0.2, 0) is 13.1 Å². The first-order valence-corrected chi connectivity index (χ1v) is 11.6. The van der Waals surface area contributed by atoms with Crippen LogP contribution in [0.1, 0.15) is 28.1 Å². The van der Waals surface area contributed by atoms with Crippen LogP contribution in [0, 0.1) is 20.8 Å². The number of halogens is 2. The summed E-state index contributed by atoms with van der Waals surface area (Å²) in [6.45, 7) is 7.32. The SMILES string of the molecule is Cc1ccc(Cn2nc(C)c(NC(=S)Nc3cnn(Cc4ccc(Cl)cc4Cl)c3)c2C)cc1. The molecule has 2 aromatic carbocycles. The van der Waals surface area contributed by atoms with Crippen molar-refractivity contribution in [2.75, 3.05) is 10.6 Å². The molecule has 0 atom stereocenters. The zero-order valence-electron chi connectivity index (χ0n) is 18.6. The predicted molar refractivity (Wildman–Crippen MR) is 140 cm³/mol. The molecule has 4 aromatic rings. The first-order chi connectivity index (χ1) is 15.8. The molecule has 33 heavy (non-hydrogen) atoms. The number of hydrogen-bond acceptors (Lipinski definition) is 3. The highest BCUT2D eigenvalue weighted by Gasteiger charge is 2.14. The van der Waals surface area contributed by atoms with Crippen molar-refractivity contribution in [3.8, 4) is 0 Å². The van der Waals surface area contributed by atoms with Crippen LogP contribution in [0.15, 0.2) is 54.9 Å². The fourth-order valence-corrected chi connectivity index (χ4v) is 4.20. The van der Waals surface area contributed by atoms with Crippen LogP contribution in [0.2, 0.25) is 10.0 Å². The highest BCUT2D eigenvalue weighted by Crippen LogP contribution is 2.23. The Bertz CT molecular complexity index is 1290. The maximum Gasteiger partial charge on any atom is 0.175 e. The molecule has 0 fully saturated rings. The Labute approximate surface area is 208 Å². The fraction of sp³-hybridized carbons (Fsp3) is 0.208. The lowest BCUT2D eigenvalue weighted by molar-refractivity contribution is 0.659. The second-order valence-electron chi connectivity index (χ2n) is 7.93. The smallest absolute Gasteiger partial charge is 0.175 e. The molecule has 0 aliphatic rings. The minimum absolute atomic E-state index is 0.472. The molecule has 0 saturated heterocycles. The third-order valence-corrected chi connectivity index (χ3v) is 6.10. The summed E-state index contributed by atoms with van der Waals surface area (Å²) in [5, 5.41) is 17.2. The molecule has 0 amide bonds. The summed E-state index contributed by atoms with van der Waals surface area (Å²) >= 11 is 17.8. The van der Waals surface area contributed by atoms with Crippen LogP contribution in [-0.4, -0.2) is 24.7 Å². The second kappa shape index (κ2) is 9.95. The van der Waals surface area contributed by atoms with Gasteiger partial charge in [-0.2, -0.15) is 10.2 Å². The van der Waals surface area contributed by atoms with E-state index in [-0.39, 0.29) is 0 Å². The van der Waals surface area contributed by atoms with E-state index in [1.807, 2.05) is 36.9 Å². The average Bonchev–Trinajstić information content (AvgIpc) is 3.31. The molecule has 0 bridgehead atoms. The van der Waals surface area contributed by atoms with Gasteiger partial charge in [-0.1, -0.05) is 59.1 Å². The highest BCUT2D eigenvalue weighted by atomic mass is 35.5. The molecule has 0 spiro atoms. The van der Waals surface area contributed by atoms with Gasteiger partial charge in [0.25, 0.3) is 0 Å². The summed E-state index contributed by atoms with van der Waals surface area (Å²) in [5.74, 6) is 0. The Hall–Kier alpha value is -2.87. The van der Waals surface area contributed by atoms with Crippen molar-refractivity contribution in [1.29, 1.82) is 0 Å². The van der Waals surface area contributed by atoms with Crippen LogP contribution >= 0.6 is 35.4 Å². The Morgan fingerprint density at radius 3 is 2.48 bits per heavy atom. The Kier molecular flexibility index (Phi) is 7.02. The van der Waals surface area contributed by atoms with E-state index in [0.29, 0.717) is 28.2 Å². The van der Waals surface area contributed by atoms with Crippen molar-refractivity contribution in [3.05, 3.63) is 93.0 Å².